The van der Waals surface area contributed by atoms with Crippen LogP contribution in [0, 0.1) is 5.82 Å². The number of aromatic nitrogens is 2. The zero-order chi connectivity index (χ0) is 22.1. The Hall–Kier alpha value is -3.00. The number of nitrogens with zero attached hydrogens (tertiary/aromatic N) is 3. The minimum Gasteiger partial charge on any atom is -0.497 e. The molecule has 0 saturated carbocycles. The zero-order valence-electron chi connectivity index (χ0n) is 17.8. The van der Waals surface area contributed by atoms with Gasteiger partial charge in [-0.1, -0.05) is 25.5 Å². The standard InChI is InChI=1S/C23H27FN4O2S/c1-3-4-13-28(14-12-22(29)25-19-10-8-18(24)9-11-19)23-26-21(27-31-23)16-17-6-5-7-20(15-17)30-2/h5-11,15H,3-4,12-14,16H2,1-2H3,(H,25,29). The summed E-state index contributed by atoms with van der Waals surface area (Å²) in [6.45, 7) is 3.49. The van der Waals surface area contributed by atoms with Crippen LogP contribution in [0.2, 0.25) is 0 Å². The van der Waals surface area contributed by atoms with Crippen LogP contribution in [0.15, 0.2) is 48.5 Å². The van der Waals surface area contributed by atoms with Crippen molar-refractivity contribution in [2.75, 3.05) is 30.4 Å². The summed E-state index contributed by atoms with van der Waals surface area (Å²) in [4.78, 5) is 19.2. The zero-order valence-corrected chi connectivity index (χ0v) is 18.6. The van der Waals surface area contributed by atoms with Crippen molar-refractivity contribution < 1.29 is 13.9 Å². The molecule has 3 rings (SSSR count). The smallest absolute Gasteiger partial charge is 0.226 e. The molecule has 0 saturated heterocycles. The molecule has 164 valence electrons. The molecule has 8 heteroatoms. The molecule has 1 heterocycles. The Labute approximate surface area is 186 Å². The summed E-state index contributed by atoms with van der Waals surface area (Å²) in [5, 5.41) is 3.62. The van der Waals surface area contributed by atoms with E-state index in [1.807, 2.05) is 24.3 Å². The highest BCUT2D eigenvalue weighted by Gasteiger charge is 2.15. The number of anilines is 2. The van der Waals surface area contributed by atoms with Gasteiger partial charge in [0.05, 0.1) is 7.11 Å². The topological polar surface area (TPSA) is 67.4 Å². The number of rotatable bonds is 11. The number of methoxy groups -OCH3 is 1. The van der Waals surface area contributed by atoms with Crippen LogP contribution in [0.25, 0.3) is 0 Å². The quantitative estimate of drug-likeness (QED) is 0.457. The molecule has 0 spiro atoms. The van der Waals surface area contributed by atoms with Crippen molar-refractivity contribution in [2.45, 2.75) is 32.6 Å². The molecule has 0 aliphatic heterocycles. The SMILES string of the molecule is CCCCN(CCC(=O)Nc1ccc(F)cc1)c1nc(Cc2cccc(OC)c2)ns1. The second-order valence-electron chi connectivity index (χ2n) is 7.17. The highest BCUT2D eigenvalue weighted by molar-refractivity contribution is 7.09. The van der Waals surface area contributed by atoms with E-state index in [1.165, 1.54) is 23.7 Å². The van der Waals surface area contributed by atoms with Gasteiger partial charge in [-0.2, -0.15) is 4.37 Å². The van der Waals surface area contributed by atoms with Gasteiger partial charge in [0.15, 0.2) is 0 Å². The van der Waals surface area contributed by atoms with E-state index in [2.05, 4.69) is 21.5 Å². The van der Waals surface area contributed by atoms with Crippen LogP contribution in [0.1, 0.15) is 37.6 Å². The fourth-order valence-electron chi connectivity index (χ4n) is 3.06. The van der Waals surface area contributed by atoms with E-state index in [0.717, 1.165) is 41.7 Å². The normalized spacial score (nSPS) is 10.7. The first-order valence-electron chi connectivity index (χ1n) is 10.3. The molecule has 0 aliphatic carbocycles. The number of carbonyl (C=O) groups is 1. The second kappa shape index (κ2) is 11.4. The number of nitrogens with one attached hydrogen (secondary N) is 1. The highest BCUT2D eigenvalue weighted by atomic mass is 32.1. The summed E-state index contributed by atoms with van der Waals surface area (Å²) in [6.07, 6.45) is 2.99. The largest absolute Gasteiger partial charge is 0.497 e. The van der Waals surface area contributed by atoms with E-state index in [0.29, 0.717) is 25.1 Å². The fraction of sp³-hybridized carbons (Fsp3) is 0.348. The number of carbonyl (C=O) groups excluding carboxylic acids is 1. The summed E-state index contributed by atoms with van der Waals surface area (Å²) in [6, 6.07) is 13.6. The van der Waals surface area contributed by atoms with E-state index in [4.69, 9.17) is 9.72 Å². The van der Waals surface area contributed by atoms with Crippen molar-refractivity contribution in [1.29, 1.82) is 0 Å². The average molecular weight is 443 g/mol. The number of amides is 1. The molecular formula is C23H27FN4O2S. The van der Waals surface area contributed by atoms with E-state index in [9.17, 15) is 9.18 Å². The van der Waals surface area contributed by atoms with Crippen molar-refractivity contribution in [1.82, 2.24) is 9.36 Å². The average Bonchev–Trinajstić information content (AvgIpc) is 3.23. The van der Waals surface area contributed by atoms with Crippen LogP contribution < -0.4 is 15.0 Å². The second-order valence-corrected chi connectivity index (χ2v) is 7.90. The third kappa shape index (κ3) is 7.03. The Morgan fingerprint density at radius 1 is 1.19 bits per heavy atom. The van der Waals surface area contributed by atoms with E-state index >= 15 is 0 Å². The van der Waals surface area contributed by atoms with Gasteiger partial charge in [-0.25, -0.2) is 9.37 Å². The van der Waals surface area contributed by atoms with Gasteiger partial charge in [0.2, 0.25) is 11.0 Å². The highest BCUT2D eigenvalue weighted by Crippen LogP contribution is 2.21. The molecular weight excluding hydrogens is 415 g/mol. The number of hydrogen-bond acceptors (Lipinski definition) is 6. The minimum atomic E-state index is -0.329. The van der Waals surface area contributed by atoms with Crippen molar-refractivity contribution >= 4 is 28.3 Å². The summed E-state index contributed by atoms with van der Waals surface area (Å²) in [5.74, 6) is 1.12. The number of hydrogen-bond donors (Lipinski definition) is 1. The van der Waals surface area contributed by atoms with Gasteiger partial charge in [-0.3, -0.25) is 4.79 Å². The lowest BCUT2D eigenvalue weighted by Gasteiger charge is -2.20. The number of halogens is 1. The molecule has 0 radical (unpaired) electrons. The van der Waals surface area contributed by atoms with Crippen LogP contribution in [-0.4, -0.2) is 35.5 Å². The Bertz CT molecular complexity index is 978. The summed E-state index contributed by atoms with van der Waals surface area (Å²) >= 11 is 1.35. The van der Waals surface area contributed by atoms with Gasteiger partial charge >= 0.3 is 0 Å². The summed E-state index contributed by atoms with van der Waals surface area (Å²) in [5.41, 5.74) is 1.67. The first-order valence-corrected chi connectivity index (χ1v) is 11.1. The molecule has 6 nitrogen and oxygen atoms in total. The van der Waals surface area contributed by atoms with Crippen molar-refractivity contribution in [2.24, 2.45) is 0 Å². The molecule has 1 amide bonds. The van der Waals surface area contributed by atoms with Gasteiger partial charge in [0, 0.05) is 43.2 Å². The lowest BCUT2D eigenvalue weighted by molar-refractivity contribution is -0.116. The Kier molecular flexibility index (Phi) is 8.35. The first-order chi connectivity index (χ1) is 15.1. The van der Waals surface area contributed by atoms with Crippen LogP contribution >= 0.6 is 11.5 Å². The maximum atomic E-state index is 13.0. The van der Waals surface area contributed by atoms with Crippen molar-refractivity contribution in [3.8, 4) is 5.75 Å². The van der Waals surface area contributed by atoms with E-state index in [1.54, 1.807) is 19.2 Å². The van der Waals surface area contributed by atoms with Gasteiger partial charge in [0.25, 0.3) is 0 Å². The predicted molar refractivity (Wildman–Crippen MR) is 122 cm³/mol. The lowest BCUT2D eigenvalue weighted by atomic mass is 10.1. The molecule has 0 bridgehead atoms. The molecule has 2 aromatic carbocycles. The minimum absolute atomic E-state index is 0.116. The maximum Gasteiger partial charge on any atom is 0.226 e. The van der Waals surface area contributed by atoms with Crippen molar-refractivity contribution in [3.05, 3.63) is 65.7 Å². The number of benzene rings is 2. The molecule has 3 aromatic rings. The number of ether oxygens (including phenoxy) is 1. The number of unbranched alkanes of at least 4 members (excludes halogenated alkanes) is 1. The first kappa shape index (κ1) is 22.7. The molecule has 0 fully saturated rings. The van der Waals surface area contributed by atoms with Crippen molar-refractivity contribution in [3.63, 3.8) is 0 Å². The molecule has 0 atom stereocenters. The summed E-state index contributed by atoms with van der Waals surface area (Å²) < 4.78 is 22.8. The van der Waals surface area contributed by atoms with Crippen LogP contribution in [0.4, 0.5) is 15.2 Å². The van der Waals surface area contributed by atoms with E-state index in [-0.39, 0.29) is 11.7 Å². The Morgan fingerprint density at radius 2 is 2.00 bits per heavy atom. The van der Waals surface area contributed by atoms with Gasteiger partial charge in [0.1, 0.15) is 17.4 Å². The predicted octanol–water partition coefficient (Wildman–Crippen LogP) is 4.91. The monoisotopic (exact) mass is 442 g/mol. The molecule has 0 unspecified atom stereocenters. The molecule has 31 heavy (non-hydrogen) atoms. The van der Waals surface area contributed by atoms with Crippen LogP contribution in [-0.2, 0) is 11.2 Å². The Morgan fingerprint density at radius 3 is 2.74 bits per heavy atom. The molecule has 1 aromatic heterocycles. The summed E-state index contributed by atoms with van der Waals surface area (Å²) in [7, 11) is 1.65. The molecule has 1 N–H and O–H groups in total. The Balaban J connectivity index is 1.60. The molecule has 0 aliphatic rings. The van der Waals surface area contributed by atoms with Gasteiger partial charge < -0.3 is 15.0 Å². The third-order valence-corrected chi connectivity index (χ3v) is 5.56. The van der Waals surface area contributed by atoms with Crippen LogP contribution in [0.3, 0.4) is 0 Å². The fourth-order valence-corrected chi connectivity index (χ4v) is 3.79. The van der Waals surface area contributed by atoms with Gasteiger partial charge in [-0.15, -0.1) is 0 Å². The van der Waals surface area contributed by atoms with Gasteiger partial charge in [-0.05, 0) is 48.4 Å². The van der Waals surface area contributed by atoms with E-state index < -0.39 is 0 Å². The third-order valence-electron chi connectivity index (χ3n) is 4.74. The maximum absolute atomic E-state index is 13.0. The lowest BCUT2D eigenvalue weighted by Crippen LogP contribution is -2.28. The van der Waals surface area contributed by atoms with Crippen LogP contribution in [0.5, 0.6) is 5.75 Å².